The molecule has 1 aliphatic carbocycles. The number of nitrogens with zero attached hydrogens (tertiary/aromatic N) is 7. The maximum atomic E-state index is 17.1. The summed E-state index contributed by atoms with van der Waals surface area (Å²) in [5.41, 5.74) is 0.303. The fourth-order valence-corrected chi connectivity index (χ4v) is 8.63. The lowest BCUT2D eigenvalue weighted by molar-refractivity contribution is -0.154. The smallest absolute Gasteiger partial charge is 0.320 e. The van der Waals surface area contributed by atoms with E-state index in [1.165, 1.54) is 4.90 Å². The molecule has 1 aromatic carbocycles. The number of ether oxygens (including phenoxy) is 1. The number of anilines is 1. The van der Waals surface area contributed by atoms with Crippen LogP contribution >= 0.6 is 11.6 Å². The van der Waals surface area contributed by atoms with Crippen molar-refractivity contribution in [1.29, 1.82) is 0 Å². The largest absolute Gasteiger partial charge is 0.447 e. The maximum Gasteiger partial charge on any atom is 0.320 e. The second-order valence-corrected chi connectivity index (χ2v) is 14.3. The van der Waals surface area contributed by atoms with E-state index in [0.29, 0.717) is 102 Å². The Morgan fingerprint density at radius 1 is 1.02 bits per heavy atom. The quantitative estimate of drug-likeness (QED) is 0.242. The highest BCUT2D eigenvalue weighted by molar-refractivity contribution is 6.33. The fourth-order valence-electron chi connectivity index (χ4n) is 8.33. The molecule has 0 atom stereocenters. The number of benzene rings is 1. The number of aliphatic hydroxyl groups is 1. The standard InChI is InChI=1S/C33H32ClF3N8O3/c34-22-9-23-20(12-40-43-23)24-19(22)4-3-18-10-39-29(48-18)32(46)13-31(14-32)5-1-8-45(15-31)28-21-11-38-27(24)25(35)26(21)41-30(42-28)47-17-44-7-2-6-33(36,37)16-44/h9-12,46H,1-8,13-17H2,(H,40,43). The van der Waals surface area contributed by atoms with Crippen molar-refractivity contribution >= 4 is 39.2 Å². The summed E-state index contributed by atoms with van der Waals surface area (Å²) in [6, 6.07) is 1.63. The number of aromatic amines is 1. The van der Waals surface area contributed by atoms with Gasteiger partial charge in [-0.1, -0.05) is 11.6 Å². The number of aryl methyl sites for hydroxylation is 1. The van der Waals surface area contributed by atoms with Crippen molar-refractivity contribution in [3.8, 4) is 17.3 Å². The molecule has 4 aromatic heterocycles. The molecule has 0 unspecified atom stereocenters. The number of hydrogen-bond acceptors (Lipinski definition) is 10. The third kappa shape index (κ3) is 4.90. The first-order valence-corrected chi connectivity index (χ1v) is 16.6. The van der Waals surface area contributed by atoms with Crippen LogP contribution in [-0.2, 0) is 18.4 Å². The summed E-state index contributed by atoms with van der Waals surface area (Å²) in [5, 5.41) is 20.1. The van der Waals surface area contributed by atoms with E-state index in [4.69, 9.17) is 25.7 Å². The average molecular weight is 681 g/mol. The average Bonchev–Trinajstić information content (AvgIpc) is 3.72. The monoisotopic (exact) mass is 680 g/mol. The zero-order valence-electron chi connectivity index (χ0n) is 25.9. The van der Waals surface area contributed by atoms with Gasteiger partial charge < -0.3 is 19.2 Å². The number of fused-ring (bicyclic) bond motifs is 1. The number of halogens is 4. The molecular weight excluding hydrogens is 649 g/mol. The zero-order chi connectivity index (χ0) is 32.8. The second-order valence-electron chi connectivity index (χ2n) is 13.9. The molecule has 6 aliphatic rings. The van der Waals surface area contributed by atoms with Crippen LogP contribution in [0.25, 0.3) is 33.1 Å². The SMILES string of the molecule is OC12CC3(CCCN(C3)c3nc(OCN4CCCC(F)(F)C4)nc4c(F)c(ncc34)-c3c(c(Cl)cc4[nH]ncc34)CCc3cnc1o3)C2. The highest BCUT2D eigenvalue weighted by Crippen LogP contribution is 2.58. The van der Waals surface area contributed by atoms with Crippen molar-refractivity contribution in [3.63, 3.8) is 0 Å². The lowest BCUT2D eigenvalue weighted by atomic mass is 9.56. The number of likely N-dealkylation sites (tertiary alicyclic amines) is 1. The molecule has 0 radical (unpaired) electrons. The number of nitrogens with one attached hydrogen (secondary N) is 1. The predicted octanol–water partition coefficient (Wildman–Crippen LogP) is 5.78. The van der Waals surface area contributed by atoms with E-state index in [1.807, 2.05) is 0 Å². The Morgan fingerprint density at radius 2 is 1.88 bits per heavy atom. The van der Waals surface area contributed by atoms with Crippen LogP contribution in [0.4, 0.5) is 19.0 Å². The Morgan fingerprint density at radius 3 is 2.73 bits per heavy atom. The van der Waals surface area contributed by atoms with Gasteiger partial charge in [0.15, 0.2) is 5.82 Å². The lowest BCUT2D eigenvalue weighted by Crippen LogP contribution is -2.57. The van der Waals surface area contributed by atoms with E-state index in [-0.39, 0.29) is 35.8 Å². The molecule has 3 fully saturated rings. The maximum absolute atomic E-state index is 17.1. The first-order chi connectivity index (χ1) is 23.1. The number of alkyl halides is 2. The van der Waals surface area contributed by atoms with Crippen molar-refractivity contribution in [3.05, 3.63) is 52.7 Å². The normalized spacial score (nSPS) is 25.3. The number of pyridine rings is 1. The summed E-state index contributed by atoms with van der Waals surface area (Å²) in [7, 11) is 0. The molecule has 5 aromatic rings. The van der Waals surface area contributed by atoms with Gasteiger partial charge in [-0.2, -0.15) is 15.1 Å². The summed E-state index contributed by atoms with van der Waals surface area (Å²) in [6.07, 6.45) is 8.36. The van der Waals surface area contributed by atoms with Gasteiger partial charge in [0.1, 0.15) is 35.1 Å². The van der Waals surface area contributed by atoms with Gasteiger partial charge in [0.25, 0.3) is 5.92 Å². The predicted molar refractivity (Wildman–Crippen MR) is 170 cm³/mol. The van der Waals surface area contributed by atoms with E-state index in [2.05, 4.69) is 30.0 Å². The van der Waals surface area contributed by atoms with Crippen molar-refractivity contribution in [2.24, 2.45) is 5.41 Å². The third-order valence-electron chi connectivity index (χ3n) is 10.4. The highest BCUT2D eigenvalue weighted by Gasteiger charge is 2.58. The summed E-state index contributed by atoms with van der Waals surface area (Å²) in [4.78, 5) is 22.0. The van der Waals surface area contributed by atoms with Crippen LogP contribution < -0.4 is 9.64 Å². The minimum absolute atomic E-state index is 0.0000490. The van der Waals surface area contributed by atoms with Crippen LogP contribution in [0, 0.1) is 11.2 Å². The van der Waals surface area contributed by atoms with Crippen molar-refractivity contribution in [2.75, 3.05) is 37.8 Å². The molecule has 15 heteroatoms. The molecule has 48 heavy (non-hydrogen) atoms. The number of piperidine rings is 2. The number of oxazole rings is 1. The molecular formula is C33H32ClF3N8O3. The van der Waals surface area contributed by atoms with Crippen molar-refractivity contribution < 1.29 is 27.4 Å². The van der Waals surface area contributed by atoms with Crippen molar-refractivity contribution in [1.82, 2.24) is 35.0 Å². The van der Waals surface area contributed by atoms with Gasteiger partial charge in [-0.3, -0.25) is 15.0 Å². The van der Waals surface area contributed by atoms with E-state index in [0.717, 1.165) is 12.8 Å². The topological polar surface area (TPSA) is 129 Å². The Labute approximate surface area is 277 Å². The molecule has 9 heterocycles. The number of aromatic nitrogens is 6. The van der Waals surface area contributed by atoms with E-state index in [1.54, 1.807) is 24.7 Å². The van der Waals surface area contributed by atoms with Gasteiger partial charge in [0, 0.05) is 54.6 Å². The van der Waals surface area contributed by atoms with Gasteiger partial charge in [0.2, 0.25) is 5.89 Å². The molecule has 1 saturated carbocycles. The van der Waals surface area contributed by atoms with Gasteiger partial charge in [-0.25, -0.2) is 18.2 Å². The Balaban J connectivity index is 1.22. The lowest BCUT2D eigenvalue weighted by Gasteiger charge is -2.56. The minimum Gasteiger partial charge on any atom is -0.447 e. The summed E-state index contributed by atoms with van der Waals surface area (Å²) < 4.78 is 57.4. The van der Waals surface area contributed by atoms with E-state index in [9.17, 15) is 13.9 Å². The molecule has 2 N–H and O–H groups in total. The number of hydrogen-bond donors (Lipinski definition) is 2. The molecule has 1 spiro atoms. The first kappa shape index (κ1) is 30.1. The van der Waals surface area contributed by atoms with Gasteiger partial charge in [-0.15, -0.1) is 0 Å². The molecule has 250 valence electrons. The van der Waals surface area contributed by atoms with Crippen LogP contribution in [0.15, 0.2) is 29.1 Å². The molecule has 5 aliphatic heterocycles. The Kier molecular flexibility index (Phi) is 6.73. The van der Waals surface area contributed by atoms with Gasteiger partial charge in [-0.05, 0) is 55.6 Å². The molecule has 2 saturated heterocycles. The molecule has 11 rings (SSSR count). The second kappa shape index (κ2) is 10.7. The van der Waals surface area contributed by atoms with Crippen LogP contribution in [0.1, 0.15) is 55.7 Å². The summed E-state index contributed by atoms with van der Waals surface area (Å²) >= 11 is 6.84. The van der Waals surface area contributed by atoms with Gasteiger partial charge >= 0.3 is 6.01 Å². The van der Waals surface area contributed by atoms with Crippen LogP contribution in [-0.4, -0.2) is 79.0 Å². The van der Waals surface area contributed by atoms with Crippen LogP contribution in [0.5, 0.6) is 6.01 Å². The van der Waals surface area contributed by atoms with Crippen LogP contribution in [0.2, 0.25) is 5.02 Å². The van der Waals surface area contributed by atoms with E-state index >= 15 is 4.39 Å². The number of H-pyrrole nitrogens is 1. The van der Waals surface area contributed by atoms with E-state index < -0.39 is 23.9 Å². The number of rotatable bonds is 3. The fraction of sp³-hybridized carbons (Fsp3) is 0.485. The first-order valence-electron chi connectivity index (χ1n) is 16.3. The Bertz CT molecular complexity index is 2080. The zero-order valence-corrected chi connectivity index (χ0v) is 26.7. The third-order valence-corrected chi connectivity index (χ3v) is 10.7. The van der Waals surface area contributed by atoms with Gasteiger partial charge in [0.05, 0.1) is 29.8 Å². The highest BCUT2D eigenvalue weighted by atomic mass is 35.5. The van der Waals surface area contributed by atoms with Crippen LogP contribution in [0.3, 0.4) is 0 Å². The molecule has 11 nitrogen and oxygen atoms in total. The summed E-state index contributed by atoms with van der Waals surface area (Å²) in [6.45, 7) is 1.02. The summed E-state index contributed by atoms with van der Waals surface area (Å²) in [5.74, 6) is -2.18. The Hall–Kier alpha value is -4.01. The molecule has 9 bridgehead atoms. The molecule has 0 amide bonds. The minimum atomic E-state index is -2.81. The van der Waals surface area contributed by atoms with Crippen molar-refractivity contribution in [2.45, 2.75) is 62.9 Å².